The number of benzene rings is 1. The lowest BCUT2D eigenvalue weighted by Crippen LogP contribution is -2.44. The van der Waals surface area contributed by atoms with Crippen LogP contribution in [-0.2, 0) is 4.79 Å². The Morgan fingerprint density at radius 2 is 2.19 bits per heavy atom. The van der Waals surface area contributed by atoms with Crippen LogP contribution in [0.5, 0.6) is 0 Å². The van der Waals surface area contributed by atoms with Gasteiger partial charge in [0.25, 0.3) is 0 Å². The van der Waals surface area contributed by atoms with Crippen molar-refractivity contribution in [2.75, 3.05) is 5.32 Å². The van der Waals surface area contributed by atoms with E-state index in [9.17, 15) is 4.79 Å². The summed E-state index contributed by atoms with van der Waals surface area (Å²) in [5.74, 6) is 0.00436. The lowest BCUT2D eigenvalue weighted by molar-refractivity contribution is -0.120. The third kappa shape index (κ3) is 2.30. The monoisotopic (exact) mass is 235 g/mol. The largest absolute Gasteiger partial charge is 0.331 e. The third-order valence-corrected chi connectivity index (χ3v) is 2.71. The first-order valence-corrected chi connectivity index (χ1v) is 5.52. The molecular formula is C11H13N3OS. The first-order chi connectivity index (χ1) is 7.66. The fourth-order valence-electron chi connectivity index (χ4n) is 1.61. The van der Waals surface area contributed by atoms with Crippen LogP contribution in [-0.4, -0.2) is 22.1 Å². The summed E-state index contributed by atoms with van der Waals surface area (Å²) in [6.45, 7) is 1.96. The molecule has 2 rings (SSSR count). The van der Waals surface area contributed by atoms with Crippen molar-refractivity contribution in [3.05, 3.63) is 30.3 Å². The molecule has 0 saturated carbocycles. The Morgan fingerprint density at radius 1 is 1.50 bits per heavy atom. The van der Waals surface area contributed by atoms with E-state index >= 15 is 0 Å². The summed E-state index contributed by atoms with van der Waals surface area (Å²) < 4.78 is 0. The topological polar surface area (TPSA) is 44.4 Å². The van der Waals surface area contributed by atoms with Crippen LogP contribution in [0, 0.1) is 0 Å². The molecule has 1 unspecified atom stereocenters. The summed E-state index contributed by atoms with van der Waals surface area (Å²) >= 11 is 5.23. The number of para-hydroxylation sites is 1. The molecule has 1 aromatic rings. The molecule has 1 heterocycles. The van der Waals surface area contributed by atoms with E-state index in [2.05, 4.69) is 10.7 Å². The summed E-state index contributed by atoms with van der Waals surface area (Å²) in [5, 5.41) is 5.28. The summed E-state index contributed by atoms with van der Waals surface area (Å²) in [7, 11) is 0. The molecule has 2 N–H and O–H groups in total. The van der Waals surface area contributed by atoms with Gasteiger partial charge in [-0.3, -0.25) is 15.2 Å². The molecule has 0 aliphatic carbocycles. The van der Waals surface area contributed by atoms with Gasteiger partial charge in [-0.25, -0.2) is 0 Å². The van der Waals surface area contributed by atoms with Crippen molar-refractivity contribution in [2.24, 2.45) is 0 Å². The third-order valence-electron chi connectivity index (χ3n) is 2.41. The molecule has 1 fully saturated rings. The maximum atomic E-state index is 11.2. The Kier molecular flexibility index (Phi) is 3.05. The normalized spacial score (nSPS) is 19.4. The number of nitrogens with zero attached hydrogens (tertiary/aromatic N) is 1. The molecule has 0 radical (unpaired) electrons. The molecule has 0 aromatic heterocycles. The fourth-order valence-corrected chi connectivity index (χ4v) is 1.95. The lowest BCUT2D eigenvalue weighted by Gasteiger charge is -2.23. The van der Waals surface area contributed by atoms with Gasteiger partial charge in [0.15, 0.2) is 5.11 Å². The van der Waals surface area contributed by atoms with E-state index in [1.54, 1.807) is 5.01 Å². The molecule has 0 bridgehead atoms. The van der Waals surface area contributed by atoms with Gasteiger partial charge < -0.3 is 5.32 Å². The van der Waals surface area contributed by atoms with Gasteiger partial charge in [0.05, 0.1) is 12.5 Å². The number of hydrazine groups is 1. The Balaban J connectivity index is 2.01. The average molecular weight is 235 g/mol. The highest BCUT2D eigenvalue weighted by Crippen LogP contribution is 2.12. The average Bonchev–Trinajstić information content (AvgIpc) is 2.59. The van der Waals surface area contributed by atoms with Gasteiger partial charge in [-0.15, -0.1) is 0 Å². The number of amides is 1. The summed E-state index contributed by atoms with van der Waals surface area (Å²) in [4.78, 5) is 11.2. The second kappa shape index (κ2) is 4.49. The standard InChI is InChI=1S/C11H13N3OS/c1-8-7-10(15)13-14(8)11(16)12-9-5-3-2-4-6-9/h2-6,8H,7H2,1H3,(H,12,16)(H,13,15). The number of rotatable bonds is 1. The minimum absolute atomic E-state index is 0.00436. The SMILES string of the molecule is CC1CC(=O)NN1C(=S)Nc1ccccc1. The zero-order chi connectivity index (χ0) is 11.5. The second-order valence-electron chi connectivity index (χ2n) is 3.75. The molecule has 16 heavy (non-hydrogen) atoms. The zero-order valence-electron chi connectivity index (χ0n) is 8.93. The Hall–Kier alpha value is -1.62. The fraction of sp³-hybridized carbons (Fsp3) is 0.273. The van der Waals surface area contributed by atoms with E-state index < -0.39 is 0 Å². The van der Waals surface area contributed by atoms with Gasteiger partial charge in [0, 0.05) is 5.69 Å². The van der Waals surface area contributed by atoms with E-state index in [0.717, 1.165) is 5.69 Å². The van der Waals surface area contributed by atoms with Crippen molar-refractivity contribution < 1.29 is 4.79 Å². The maximum absolute atomic E-state index is 11.2. The predicted molar refractivity (Wildman–Crippen MR) is 66.7 cm³/mol. The lowest BCUT2D eigenvalue weighted by atomic mass is 10.2. The Morgan fingerprint density at radius 3 is 2.75 bits per heavy atom. The minimum atomic E-state index is 0.00436. The zero-order valence-corrected chi connectivity index (χ0v) is 9.75. The maximum Gasteiger partial charge on any atom is 0.240 e. The molecule has 1 amide bonds. The van der Waals surface area contributed by atoms with Gasteiger partial charge in [-0.05, 0) is 31.3 Å². The van der Waals surface area contributed by atoms with Crippen LogP contribution >= 0.6 is 12.2 Å². The first kappa shape index (κ1) is 10.9. The van der Waals surface area contributed by atoms with Crippen molar-refractivity contribution in [2.45, 2.75) is 19.4 Å². The number of hydrogen-bond acceptors (Lipinski definition) is 2. The summed E-state index contributed by atoms with van der Waals surface area (Å²) in [5.41, 5.74) is 3.63. The van der Waals surface area contributed by atoms with Crippen LogP contribution in [0.3, 0.4) is 0 Å². The van der Waals surface area contributed by atoms with Gasteiger partial charge in [-0.1, -0.05) is 18.2 Å². The van der Waals surface area contributed by atoms with Crippen molar-refractivity contribution in [1.29, 1.82) is 0 Å². The number of anilines is 1. The summed E-state index contributed by atoms with van der Waals surface area (Å²) in [6.07, 6.45) is 0.483. The first-order valence-electron chi connectivity index (χ1n) is 5.11. The van der Waals surface area contributed by atoms with Gasteiger partial charge in [0.1, 0.15) is 0 Å². The molecule has 84 valence electrons. The summed E-state index contributed by atoms with van der Waals surface area (Å²) in [6, 6.07) is 9.74. The number of hydrogen-bond donors (Lipinski definition) is 2. The van der Waals surface area contributed by atoms with Crippen LogP contribution in [0.15, 0.2) is 30.3 Å². The van der Waals surface area contributed by atoms with Crippen molar-refractivity contribution in [1.82, 2.24) is 10.4 Å². The molecule has 1 aliphatic heterocycles. The molecule has 1 saturated heterocycles. The molecule has 4 nitrogen and oxygen atoms in total. The molecule has 1 aromatic carbocycles. The van der Waals surface area contributed by atoms with Crippen molar-refractivity contribution >= 4 is 28.9 Å². The number of carbonyl (C=O) groups excluding carboxylic acids is 1. The number of thiocarbonyl (C=S) groups is 1. The van der Waals surface area contributed by atoms with Gasteiger partial charge in [-0.2, -0.15) is 0 Å². The van der Waals surface area contributed by atoms with E-state index in [0.29, 0.717) is 11.5 Å². The van der Waals surface area contributed by atoms with E-state index in [1.807, 2.05) is 37.3 Å². The van der Waals surface area contributed by atoms with E-state index in [1.165, 1.54) is 0 Å². The van der Waals surface area contributed by atoms with Gasteiger partial charge >= 0.3 is 0 Å². The second-order valence-corrected chi connectivity index (χ2v) is 4.14. The molecule has 0 spiro atoms. The molecule has 1 aliphatic rings. The van der Waals surface area contributed by atoms with E-state index in [-0.39, 0.29) is 11.9 Å². The van der Waals surface area contributed by atoms with Crippen molar-refractivity contribution in [3.63, 3.8) is 0 Å². The van der Waals surface area contributed by atoms with Crippen LogP contribution < -0.4 is 10.7 Å². The van der Waals surface area contributed by atoms with Crippen molar-refractivity contribution in [3.8, 4) is 0 Å². The number of nitrogens with one attached hydrogen (secondary N) is 2. The van der Waals surface area contributed by atoms with Crippen LogP contribution in [0.4, 0.5) is 5.69 Å². The van der Waals surface area contributed by atoms with Gasteiger partial charge in [0.2, 0.25) is 5.91 Å². The van der Waals surface area contributed by atoms with Crippen LogP contribution in [0.2, 0.25) is 0 Å². The molecular weight excluding hydrogens is 222 g/mol. The highest BCUT2D eigenvalue weighted by atomic mass is 32.1. The van der Waals surface area contributed by atoms with Crippen LogP contribution in [0.1, 0.15) is 13.3 Å². The smallest absolute Gasteiger partial charge is 0.240 e. The van der Waals surface area contributed by atoms with E-state index in [4.69, 9.17) is 12.2 Å². The predicted octanol–water partition coefficient (Wildman–Crippen LogP) is 1.51. The number of carbonyl (C=O) groups is 1. The molecule has 5 heteroatoms. The Labute approximate surface area is 99.6 Å². The quantitative estimate of drug-likeness (QED) is 0.724. The molecule has 1 atom stereocenters. The highest BCUT2D eigenvalue weighted by molar-refractivity contribution is 7.80. The Bertz CT molecular complexity index is 407. The highest BCUT2D eigenvalue weighted by Gasteiger charge is 2.28. The minimum Gasteiger partial charge on any atom is -0.331 e. The van der Waals surface area contributed by atoms with Crippen LogP contribution in [0.25, 0.3) is 0 Å².